The Balaban J connectivity index is 2.31. The van der Waals surface area contributed by atoms with Gasteiger partial charge in [0.15, 0.2) is 5.78 Å². The van der Waals surface area contributed by atoms with Gasteiger partial charge in [0.1, 0.15) is 25.3 Å². The van der Waals surface area contributed by atoms with Crippen LogP contribution in [-0.4, -0.2) is 57.0 Å². The quantitative estimate of drug-likeness (QED) is 0.208. The van der Waals surface area contributed by atoms with E-state index in [-0.39, 0.29) is 25.7 Å². The molecule has 1 aliphatic rings. The zero-order valence-electron chi connectivity index (χ0n) is 19.3. The number of benzene rings is 1. The number of carbonyl (C=O) groups is 3. The van der Waals surface area contributed by atoms with Crippen molar-refractivity contribution in [2.45, 2.75) is 45.3 Å². The molecule has 0 radical (unpaired) electrons. The lowest BCUT2D eigenvalue weighted by Crippen LogP contribution is -2.57. The maximum Gasteiger partial charge on any atom is 0.347 e. The van der Waals surface area contributed by atoms with E-state index in [0.29, 0.717) is 17.7 Å². The summed E-state index contributed by atoms with van der Waals surface area (Å²) in [4.78, 5) is 39.0. The second-order valence-electron chi connectivity index (χ2n) is 8.11. The van der Waals surface area contributed by atoms with Crippen LogP contribution in [-0.2, 0) is 28.5 Å². The number of esters is 2. The smallest absolute Gasteiger partial charge is 0.347 e. The van der Waals surface area contributed by atoms with Gasteiger partial charge in [0.25, 0.3) is 0 Å². The van der Waals surface area contributed by atoms with Crippen LogP contribution in [0.15, 0.2) is 36.9 Å². The molecule has 0 N–H and O–H groups in total. The fourth-order valence-corrected chi connectivity index (χ4v) is 3.62. The monoisotopic (exact) mass is 448 g/mol. The second kappa shape index (κ2) is 10.7. The standard InChI is InChI=1S/C24H32O8/c1-7-16(3)19(32-21(26)17-9-11-18(29-6)12-10-17)13-20(25)24(31-15-28-5)22(27)30-14-23(24,4)8-2/h8-12,16,19H,2,7,13-15H2,1,3-6H3/t16-,19+,23-,24-/m0/s1. The van der Waals surface area contributed by atoms with Crippen LogP contribution in [0.2, 0.25) is 0 Å². The molecular weight excluding hydrogens is 416 g/mol. The zero-order valence-corrected chi connectivity index (χ0v) is 19.3. The Kier molecular flexibility index (Phi) is 8.58. The minimum Gasteiger partial charge on any atom is -0.497 e. The van der Waals surface area contributed by atoms with E-state index in [1.165, 1.54) is 20.3 Å². The van der Waals surface area contributed by atoms with Gasteiger partial charge in [-0.15, -0.1) is 6.58 Å². The molecule has 1 aliphatic heterocycles. The molecule has 1 aromatic carbocycles. The van der Waals surface area contributed by atoms with Crippen molar-refractivity contribution in [1.29, 1.82) is 0 Å². The van der Waals surface area contributed by atoms with E-state index < -0.39 is 34.8 Å². The van der Waals surface area contributed by atoms with E-state index in [9.17, 15) is 14.4 Å². The molecule has 176 valence electrons. The van der Waals surface area contributed by atoms with Gasteiger partial charge < -0.3 is 23.7 Å². The maximum absolute atomic E-state index is 13.6. The summed E-state index contributed by atoms with van der Waals surface area (Å²) in [5, 5.41) is 0. The highest BCUT2D eigenvalue weighted by molar-refractivity contribution is 6.10. The Bertz CT molecular complexity index is 833. The number of carbonyl (C=O) groups excluding carboxylic acids is 3. The van der Waals surface area contributed by atoms with Crippen LogP contribution in [0.25, 0.3) is 0 Å². The van der Waals surface area contributed by atoms with Crippen molar-refractivity contribution in [2.24, 2.45) is 11.3 Å². The third-order valence-corrected chi connectivity index (χ3v) is 6.08. The van der Waals surface area contributed by atoms with Crippen molar-refractivity contribution < 1.29 is 38.1 Å². The first kappa shape index (κ1) is 25.5. The lowest BCUT2D eigenvalue weighted by molar-refractivity contribution is -0.188. The topological polar surface area (TPSA) is 97.4 Å². The number of Topliss-reactive ketones (excluding diaryl/α,β-unsaturated/α-hetero) is 1. The summed E-state index contributed by atoms with van der Waals surface area (Å²) in [6.45, 7) is 8.90. The zero-order chi connectivity index (χ0) is 23.9. The van der Waals surface area contributed by atoms with Crippen LogP contribution >= 0.6 is 0 Å². The molecule has 0 unspecified atom stereocenters. The van der Waals surface area contributed by atoms with Crippen LogP contribution in [0.3, 0.4) is 0 Å². The Labute approximate surface area is 188 Å². The summed E-state index contributed by atoms with van der Waals surface area (Å²) in [6.07, 6.45) is 1.14. The van der Waals surface area contributed by atoms with Crippen molar-refractivity contribution in [3.63, 3.8) is 0 Å². The average molecular weight is 449 g/mol. The molecular formula is C24H32O8. The Morgan fingerprint density at radius 1 is 1.25 bits per heavy atom. The molecule has 8 heteroatoms. The van der Waals surface area contributed by atoms with Crippen LogP contribution in [0, 0.1) is 11.3 Å². The Morgan fingerprint density at radius 3 is 2.44 bits per heavy atom. The van der Waals surface area contributed by atoms with Gasteiger partial charge in [0, 0.05) is 13.5 Å². The summed E-state index contributed by atoms with van der Waals surface area (Å²) in [6, 6.07) is 6.47. The third-order valence-electron chi connectivity index (χ3n) is 6.08. The van der Waals surface area contributed by atoms with Gasteiger partial charge >= 0.3 is 11.9 Å². The maximum atomic E-state index is 13.6. The van der Waals surface area contributed by atoms with Crippen molar-refractivity contribution in [3.05, 3.63) is 42.5 Å². The molecule has 0 bridgehead atoms. The largest absolute Gasteiger partial charge is 0.497 e. The van der Waals surface area contributed by atoms with Crippen molar-refractivity contribution in [3.8, 4) is 5.75 Å². The summed E-state index contributed by atoms with van der Waals surface area (Å²) >= 11 is 0. The van der Waals surface area contributed by atoms with Crippen LogP contribution in [0.4, 0.5) is 0 Å². The van der Waals surface area contributed by atoms with Crippen molar-refractivity contribution >= 4 is 17.7 Å². The van der Waals surface area contributed by atoms with Crippen molar-refractivity contribution in [2.75, 3.05) is 27.6 Å². The van der Waals surface area contributed by atoms with Gasteiger partial charge in [-0.25, -0.2) is 9.59 Å². The van der Waals surface area contributed by atoms with E-state index >= 15 is 0 Å². The minimum absolute atomic E-state index is 0.0512. The van der Waals surface area contributed by atoms with E-state index in [2.05, 4.69) is 6.58 Å². The SMILES string of the molecule is C=C[C@@]1(C)COC(=O)[C@@]1(OCOC)C(=O)C[C@@H](OC(=O)c1ccc(OC)cc1)[C@@H](C)CC. The average Bonchev–Trinajstić information content (AvgIpc) is 3.07. The van der Waals surface area contributed by atoms with E-state index in [1.54, 1.807) is 31.2 Å². The highest BCUT2D eigenvalue weighted by Crippen LogP contribution is 2.44. The Morgan fingerprint density at radius 2 is 1.91 bits per heavy atom. The predicted octanol–water partition coefficient (Wildman–Crippen LogP) is 3.33. The third kappa shape index (κ3) is 4.86. The first-order chi connectivity index (χ1) is 15.2. The molecule has 0 spiro atoms. The van der Waals surface area contributed by atoms with Gasteiger partial charge in [0.05, 0.1) is 18.1 Å². The molecule has 1 fully saturated rings. The van der Waals surface area contributed by atoms with Crippen LogP contribution in [0.1, 0.15) is 44.0 Å². The van der Waals surface area contributed by atoms with Gasteiger partial charge in [0.2, 0.25) is 5.60 Å². The Hall–Kier alpha value is -2.71. The van der Waals surface area contributed by atoms with Gasteiger partial charge in [-0.1, -0.05) is 26.3 Å². The lowest BCUT2D eigenvalue weighted by Gasteiger charge is -2.36. The van der Waals surface area contributed by atoms with Gasteiger partial charge in [-0.05, 0) is 37.1 Å². The predicted molar refractivity (Wildman–Crippen MR) is 116 cm³/mol. The van der Waals surface area contributed by atoms with Gasteiger partial charge in [-0.2, -0.15) is 0 Å². The first-order valence-electron chi connectivity index (χ1n) is 10.5. The molecule has 1 saturated heterocycles. The van der Waals surface area contributed by atoms with E-state index in [1.807, 2.05) is 13.8 Å². The number of cyclic esters (lactones) is 1. The number of rotatable bonds is 12. The summed E-state index contributed by atoms with van der Waals surface area (Å²) in [7, 11) is 2.92. The molecule has 0 aliphatic carbocycles. The van der Waals surface area contributed by atoms with E-state index in [4.69, 9.17) is 23.7 Å². The van der Waals surface area contributed by atoms with Gasteiger partial charge in [-0.3, -0.25) is 4.79 Å². The molecule has 2 rings (SSSR count). The number of ether oxygens (including phenoxy) is 5. The number of hydrogen-bond acceptors (Lipinski definition) is 8. The van der Waals surface area contributed by atoms with E-state index in [0.717, 1.165) is 0 Å². The number of hydrogen-bond donors (Lipinski definition) is 0. The normalized spacial score (nSPS) is 24.3. The number of ketones is 1. The molecule has 1 heterocycles. The molecule has 8 nitrogen and oxygen atoms in total. The van der Waals surface area contributed by atoms with Crippen LogP contribution < -0.4 is 4.74 Å². The lowest BCUT2D eigenvalue weighted by atomic mass is 9.71. The first-order valence-corrected chi connectivity index (χ1v) is 10.5. The molecule has 0 aromatic heterocycles. The molecule has 0 amide bonds. The summed E-state index contributed by atoms with van der Waals surface area (Å²) in [5.74, 6) is -1.46. The van der Waals surface area contributed by atoms with Crippen molar-refractivity contribution in [1.82, 2.24) is 0 Å². The summed E-state index contributed by atoms with van der Waals surface area (Å²) in [5.41, 5.74) is -2.70. The highest BCUT2D eigenvalue weighted by Gasteiger charge is 2.65. The molecule has 1 aromatic rings. The summed E-state index contributed by atoms with van der Waals surface area (Å²) < 4.78 is 26.7. The minimum atomic E-state index is -1.93. The fraction of sp³-hybridized carbons (Fsp3) is 0.542. The molecule has 32 heavy (non-hydrogen) atoms. The highest BCUT2D eigenvalue weighted by atomic mass is 16.7. The fourth-order valence-electron chi connectivity index (χ4n) is 3.62. The number of methoxy groups -OCH3 is 2. The molecule has 0 saturated carbocycles. The molecule has 4 atom stereocenters. The second-order valence-corrected chi connectivity index (χ2v) is 8.11. The van der Waals surface area contributed by atoms with Crippen LogP contribution in [0.5, 0.6) is 5.75 Å².